The zero-order valence-electron chi connectivity index (χ0n) is 9.47. The van der Waals surface area contributed by atoms with Crippen molar-refractivity contribution in [3.63, 3.8) is 0 Å². The molecule has 1 aromatic carbocycles. The number of nitrogens with two attached hydrogens (primary N) is 1. The van der Waals surface area contributed by atoms with E-state index in [1.165, 1.54) is 6.07 Å². The molecule has 16 heavy (non-hydrogen) atoms. The lowest BCUT2D eigenvalue weighted by Gasteiger charge is -2.13. The lowest BCUT2D eigenvalue weighted by molar-refractivity contribution is -0.386. The summed E-state index contributed by atoms with van der Waals surface area (Å²) in [5.41, 5.74) is 6.29. The fourth-order valence-electron chi connectivity index (χ4n) is 1.23. The molecule has 1 unspecified atom stereocenters. The first-order chi connectivity index (χ1) is 7.58. The molecule has 0 fully saturated rings. The molecule has 0 bridgehead atoms. The van der Waals surface area contributed by atoms with Crippen molar-refractivity contribution in [2.45, 2.75) is 32.9 Å². The maximum absolute atomic E-state index is 10.8. The van der Waals surface area contributed by atoms with Crippen molar-refractivity contribution in [1.82, 2.24) is 0 Å². The van der Waals surface area contributed by atoms with Crippen LogP contribution in [0.4, 0.5) is 5.69 Å². The Labute approximate surface area is 94.4 Å². The van der Waals surface area contributed by atoms with E-state index in [4.69, 9.17) is 10.5 Å². The van der Waals surface area contributed by atoms with E-state index in [0.29, 0.717) is 12.3 Å². The van der Waals surface area contributed by atoms with Gasteiger partial charge in [-0.2, -0.15) is 0 Å². The Morgan fingerprint density at radius 1 is 1.56 bits per heavy atom. The van der Waals surface area contributed by atoms with E-state index >= 15 is 0 Å². The number of ether oxygens (including phenoxy) is 1. The van der Waals surface area contributed by atoms with Crippen molar-refractivity contribution >= 4 is 5.69 Å². The van der Waals surface area contributed by atoms with Crippen LogP contribution in [0.25, 0.3) is 0 Å². The zero-order valence-corrected chi connectivity index (χ0v) is 9.47. The van der Waals surface area contributed by atoms with Crippen LogP contribution in [0.1, 0.15) is 25.8 Å². The molecule has 0 spiro atoms. The smallest absolute Gasteiger partial charge is 0.310 e. The van der Waals surface area contributed by atoms with Crippen molar-refractivity contribution in [2.75, 3.05) is 0 Å². The second-order valence-corrected chi connectivity index (χ2v) is 3.60. The van der Waals surface area contributed by atoms with Gasteiger partial charge in [0, 0.05) is 12.6 Å². The lowest BCUT2D eigenvalue weighted by atomic mass is 10.2. The normalized spacial score (nSPS) is 12.2. The quantitative estimate of drug-likeness (QED) is 0.614. The average Bonchev–Trinajstić information content (AvgIpc) is 2.28. The van der Waals surface area contributed by atoms with Gasteiger partial charge in [0.25, 0.3) is 0 Å². The summed E-state index contributed by atoms with van der Waals surface area (Å²) < 4.78 is 5.50. The zero-order chi connectivity index (χ0) is 12.1. The Morgan fingerprint density at radius 3 is 2.75 bits per heavy atom. The Bertz CT molecular complexity index is 379. The summed E-state index contributed by atoms with van der Waals surface area (Å²) in [5, 5.41) is 10.8. The number of hydrogen-bond acceptors (Lipinski definition) is 4. The first-order valence-corrected chi connectivity index (χ1v) is 5.22. The Balaban J connectivity index is 3.05. The first-order valence-electron chi connectivity index (χ1n) is 5.22. The largest absolute Gasteiger partial charge is 0.484 e. The minimum Gasteiger partial charge on any atom is -0.484 e. The third-order valence-electron chi connectivity index (χ3n) is 2.36. The van der Waals surface area contributed by atoms with Gasteiger partial charge in [0.05, 0.1) is 11.0 Å². The second-order valence-electron chi connectivity index (χ2n) is 3.60. The van der Waals surface area contributed by atoms with E-state index in [2.05, 4.69) is 0 Å². The van der Waals surface area contributed by atoms with Crippen LogP contribution >= 0.6 is 0 Å². The predicted octanol–water partition coefficient (Wildman–Crippen LogP) is 2.23. The van der Waals surface area contributed by atoms with E-state index in [1.54, 1.807) is 12.1 Å². The van der Waals surface area contributed by atoms with Crippen LogP contribution in [-0.4, -0.2) is 11.0 Å². The van der Waals surface area contributed by atoms with Crippen molar-refractivity contribution in [3.05, 3.63) is 33.9 Å². The van der Waals surface area contributed by atoms with Gasteiger partial charge >= 0.3 is 5.69 Å². The van der Waals surface area contributed by atoms with Gasteiger partial charge in [-0.15, -0.1) is 0 Å². The predicted molar refractivity (Wildman–Crippen MR) is 61.4 cm³/mol. The topological polar surface area (TPSA) is 78.4 Å². The van der Waals surface area contributed by atoms with E-state index in [9.17, 15) is 10.1 Å². The van der Waals surface area contributed by atoms with Crippen LogP contribution in [0, 0.1) is 10.1 Å². The Kier molecular flexibility index (Phi) is 4.25. The molecule has 1 aromatic rings. The highest BCUT2D eigenvalue weighted by atomic mass is 16.6. The molecule has 0 aliphatic heterocycles. The molecular formula is C11H16N2O3. The number of nitro benzene ring substituents is 1. The molecule has 0 amide bonds. The van der Waals surface area contributed by atoms with Gasteiger partial charge < -0.3 is 10.5 Å². The van der Waals surface area contributed by atoms with Gasteiger partial charge in [-0.25, -0.2) is 0 Å². The number of nitro groups is 1. The van der Waals surface area contributed by atoms with Gasteiger partial charge in [-0.1, -0.05) is 13.0 Å². The van der Waals surface area contributed by atoms with E-state index in [0.717, 1.165) is 12.0 Å². The van der Waals surface area contributed by atoms with E-state index in [1.807, 2.05) is 13.8 Å². The molecule has 0 heterocycles. The standard InChI is InChI=1S/C11H16N2O3/c1-3-8(2)16-11-6-9(7-12)4-5-10(11)13(14)15/h4-6,8H,3,7,12H2,1-2H3. The Morgan fingerprint density at radius 2 is 2.25 bits per heavy atom. The van der Waals surface area contributed by atoms with Gasteiger partial charge in [0.2, 0.25) is 0 Å². The fourth-order valence-corrected chi connectivity index (χ4v) is 1.23. The van der Waals surface area contributed by atoms with Crippen molar-refractivity contribution in [3.8, 4) is 5.75 Å². The molecular weight excluding hydrogens is 208 g/mol. The highest BCUT2D eigenvalue weighted by molar-refractivity contribution is 5.48. The van der Waals surface area contributed by atoms with Gasteiger partial charge in [-0.05, 0) is 25.0 Å². The summed E-state index contributed by atoms with van der Waals surface area (Å²) in [6, 6.07) is 4.70. The molecule has 0 aliphatic rings. The number of rotatable bonds is 5. The van der Waals surface area contributed by atoms with Crippen LogP contribution in [0.2, 0.25) is 0 Å². The van der Waals surface area contributed by atoms with Crippen molar-refractivity contribution < 1.29 is 9.66 Å². The summed E-state index contributed by atoms with van der Waals surface area (Å²) in [6.45, 7) is 4.18. The van der Waals surface area contributed by atoms with Crippen LogP contribution < -0.4 is 10.5 Å². The SMILES string of the molecule is CCC(C)Oc1cc(CN)ccc1[N+](=O)[O-]. The molecule has 1 atom stereocenters. The number of nitrogens with zero attached hydrogens (tertiary/aromatic N) is 1. The van der Waals surface area contributed by atoms with Crippen LogP contribution in [0.3, 0.4) is 0 Å². The maximum atomic E-state index is 10.8. The summed E-state index contributed by atoms with van der Waals surface area (Å²) in [5.74, 6) is 0.294. The van der Waals surface area contributed by atoms with Crippen molar-refractivity contribution in [1.29, 1.82) is 0 Å². The van der Waals surface area contributed by atoms with Crippen LogP contribution in [0.5, 0.6) is 5.75 Å². The highest BCUT2D eigenvalue weighted by Gasteiger charge is 2.16. The number of hydrogen-bond donors (Lipinski definition) is 1. The third kappa shape index (κ3) is 2.93. The average molecular weight is 224 g/mol. The molecule has 1 rings (SSSR count). The Hall–Kier alpha value is -1.62. The minimum atomic E-state index is -0.446. The van der Waals surface area contributed by atoms with Gasteiger partial charge in [0.1, 0.15) is 0 Å². The molecule has 0 aromatic heterocycles. The summed E-state index contributed by atoms with van der Waals surface area (Å²) >= 11 is 0. The first kappa shape index (κ1) is 12.4. The molecule has 0 aliphatic carbocycles. The molecule has 0 saturated heterocycles. The molecule has 5 heteroatoms. The molecule has 5 nitrogen and oxygen atoms in total. The van der Waals surface area contributed by atoms with Crippen LogP contribution in [0.15, 0.2) is 18.2 Å². The van der Waals surface area contributed by atoms with E-state index < -0.39 is 4.92 Å². The van der Waals surface area contributed by atoms with Crippen LogP contribution in [-0.2, 0) is 6.54 Å². The maximum Gasteiger partial charge on any atom is 0.310 e. The van der Waals surface area contributed by atoms with E-state index in [-0.39, 0.29) is 11.8 Å². The molecule has 0 radical (unpaired) electrons. The summed E-state index contributed by atoms with van der Waals surface area (Å²) in [6.07, 6.45) is 0.746. The monoisotopic (exact) mass is 224 g/mol. The lowest BCUT2D eigenvalue weighted by Crippen LogP contribution is -2.11. The van der Waals surface area contributed by atoms with Gasteiger partial charge in [0.15, 0.2) is 5.75 Å². The molecule has 0 saturated carbocycles. The summed E-state index contributed by atoms with van der Waals surface area (Å²) in [4.78, 5) is 10.3. The highest BCUT2D eigenvalue weighted by Crippen LogP contribution is 2.29. The molecule has 2 N–H and O–H groups in total. The fraction of sp³-hybridized carbons (Fsp3) is 0.455. The second kappa shape index (κ2) is 5.46. The van der Waals surface area contributed by atoms with Gasteiger partial charge in [-0.3, -0.25) is 10.1 Å². The number of benzene rings is 1. The summed E-state index contributed by atoms with van der Waals surface area (Å²) in [7, 11) is 0. The molecule has 88 valence electrons. The third-order valence-corrected chi connectivity index (χ3v) is 2.36. The minimum absolute atomic E-state index is 0.0162. The van der Waals surface area contributed by atoms with Crippen molar-refractivity contribution in [2.24, 2.45) is 5.73 Å².